The fraction of sp³-hybridized carbons (Fsp3) is 0.650. The zero-order valence-corrected chi connectivity index (χ0v) is 16.0. The van der Waals surface area contributed by atoms with Gasteiger partial charge in [0.1, 0.15) is 5.54 Å². The molecule has 1 saturated carbocycles. The molecule has 1 heterocycles. The summed E-state index contributed by atoms with van der Waals surface area (Å²) >= 11 is 0. The van der Waals surface area contributed by atoms with Gasteiger partial charge < -0.3 is 9.47 Å². The Kier molecular flexibility index (Phi) is 6.11. The second kappa shape index (κ2) is 8.35. The minimum Gasteiger partial charge on any atom is -0.468 e. The van der Waals surface area contributed by atoms with E-state index in [1.807, 2.05) is 30.3 Å². The Morgan fingerprint density at radius 3 is 2.59 bits per heavy atom. The Labute approximate surface area is 159 Å². The van der Waals surface area contributed by atoms with Gasteiger partial charge >= 0.3 is 5.97 Å². The van der Waals surface area contributed by atoms with Gasteiger partial charge in [0.05, 0.1) is 26.2 Å². The molecule has 2 fully saturated rings. The zero-order valence-electron chi connectivity index (χ0n) is 16.0. The van der Waals surface area contributed by atoms with Crippen LogP contribution >= 0.6 is 0 Å². The first-order valence-corrected chi connectivity index (χ1v) is 9.59. The van der Waals surface area contributed by atoms with Gasteiger partial charge in [0.2, 0.25) is 6.04 Å². The number of carbonyl (C=O) groups is 1. The quantitative estimate of drug-likeness (QED) is 0.431. The van der Waals surface area contributed by atoms with Crippen LogP contribution in [0.15, 0.2) is 30.3 Å². The summed E-state index contributed by atoms with van der Waals surface area (Å²) in [6.45, 7) is 4.23. The van der Waals surface area contributed by atoms with E-state index in [-0.39, 0.29) is 22.7 Å². The van der Waals surface area contributed by atoms with Crippen LogP contribution in [0.5, 0.6) is 0 Å². The van der Waals surface area contributed by atoms with E-state index in [9.17, 15) is 14.9 Å². The molecule has 1 aromatic carbocycles. The molecule has 0 amide bonds. The number of ether oxygens (including phenoxy) is 2. The van der Waals surface area contributed by atoms with Crippen molar-refractivity contribution in [2.24, 2.45) is 5.92 Å². The van der Waals surface area contributed by atoms with Gasteiger partial charge in [-0.25, -0.2) is 0 Å². The van der Waals surface area contributed by atoms with Crippen LogP contribution in [0, 0.1) is 16.0 Å². The van der Waals surface area contributed by atoms with Crippen molar-refractivity contribution in [1.29, 1.82) is 0 Å². The summed E-state index contributed by atoms with van der Waals surface area (Å²) < 4.78 is 10.6. The number of morpholine rings is 1. The van der Waals surface area contributed by atoms with Gasteiger partial charge in [-0.3, -0.25) is 19.8 Å². The maximum Gasteiger partial charge on any atom is 0.326 e. The van der Waals surface area contributed by atoms with Crippen molar-refractivity contribution in [1.82, 2.24) is 4.90 Å². The van der Waals surface area contributed by atoms with Gasteiger partial charge in [-0.1, -0.05) is 30.3 Å². The molecule has 0 spiro atoms. The third kappa shape index (κ3) is 3.84. The second-order valence-corrected chi connectivity index (χ2v) is 7.59. The molecule has 0 aromatic heterocycles. The van der Waals surface area contributed by atoms with Crippen molar-refractivity contribution in [2.75, 3.05) is 33.4 Å². The van der Waals surface area contributed by atoms with Gasteiger partial charge in [0.25, 0.3) is 0 Å². The van der Waals surface area contributed by atoms with Crippen LogP contribution in [0.25, 0.3) is 0 Å². The molecule has 1 aromatic rings. The number of nitro groups is 1. The highest BCUT2D eigenvalue weighted by Gasteiger charge is 2.54. The Balaban J connectivity index is 1.91. The number of esters is 1. The molecule has 27 heavy (non-hydrogen) atoms. The van der Waals surface area contributed by atoms with Crippen molar-refractivity contribution in [3.8, 4) is 0 Å². The third-order valence-electron chi connectivity index (χ3n) is 6.25. The van der Waals surface area contributed by atoms with Crippen LogP contribution in [0.2, 0.25) is 0 Å². The summed E-state index contributed by atoms with van der Waals surface area (Å²) in [5.74, 6) is -0.406. The molecule has 148 valence electrons. The molecule has 0 N–H and O–H groups in total. The highest BCUT2D eigenvalue weighted by Crippen LogP contribution is 2.47. The third-order valence-corrected chi connectivity index (χ3v) is 6.25. The van der Waals surface area contributed by atoms with Gasteiger partial charge in [0.15, 0.2) is 0 Å². The van der Waals surface area contributed by atoms with Crippen LogP contribution in [0.4, 0.5) is 0 Å². The van der Waals surface area contributed by atoms with E-state index in [0.717, 1.165) is 12.0 Å². The summed E-state index contributed by atoms with van der Waals surface area (Å²) in [6.07, 6.45) is 2.01. The van der Waals surface area contributed by atoms with Crippen molar-refractivity contribution >= 4 is 5.97 Å². The summed E-state index contributed by atoms with van der Waals surface area (Å²) in [4.78, 5) is 26.4. The number of methoxy groups -OCH3 is 1. The number of carbonyl (C=O) groups excluding carboxylic acids is 1. The minimum absolute atomic E-state index is 0.0507. The molecule has 1 aliphatic carbocycles. The molecule has 7 nitrogen and oxygen atoms in total. The number of benzene rings is 1. The van der Waals surface area contributed by atoms with E-state index in [1.54, 1.807) is 6.92 Å². The SMILES string of the molecule is COC(=O)[C@@]1(N2CCOCC2)CC[C@@H]([C@@H](c2ccccc2)[C@H](C)[N+](=O)[O-])C1. The van der Waals surface area contributed by atoms with Crippen LogP contribution in [-0.2, 0) is 14.3 Å². The van der Waals surface area contributed by atoms with E-state index in [1.165, 1.54) is 7.11 Å². The number of hydrogen-bond acceptors (Lipinski definition) is 6. The summed E-state index contributed by atoms with van der Waals surface area (Å²) in [6, 6.07) is 8.95. The zero-order chi connectivity index (χ0) is 19.4. The minimum atomic E-state index is -0.712. The van der Waals surface area contributed by atoms with Crippen LogP contribution in [0.3, 0.4) is 0 Å². The van der Waals surface area contributed by atoms with Gasteiger partial charge in [-0.15, -0.1) is 0 Å². The highest BCUT2D eigenvalue weighted by atomic mass is 16.6. The average Bonchev–Trinajstić information content (AvgIpc) is 3.15. The smallest absolute Gasteiger partial charge is 0.326 e. The molecule has 7 heteroatoms. The molecule has 0 unspecified atom stereocenters. The standard InChI is InChI=1S/C20H28N2O5/c1-15(22(24)25)18(16-6-4-3-5-7-16)17-8-9-20(14-17,19(23)26-2)21-10-12-27-13-11-21/h3-7,15,17-18H,8-14H2,1-2H3/t15-,17+,18+,20+/m0/s1. The van der Waals surface area contributed by atoms with Gasteiger partial charge in [-0.05, 0) is 30.7 Å². The average molecular weight is 376 g/mol. The van der Waals surface area contributed by atoms with Crippen molar-refractivity contribution in [2.45, 2.75) is 43.7 Å². The maximum absolute atomic E-state index is 12.8. The Morgan fingerprint density at radius 2 is 2.00 bits per heavy atom. The van der Waals surface area contributed by atoms with Crippen molar-refractivity contribution < 1.29 is 19.2 Å². The second-order valence-electron chi connectivity index (χ2n) is 7.59. The maximum atomic E-state index is 12.8. The lowest BCUT2D eigenvalue weighted by molar-refractivity contribution is -0.524. The molecule has 1 aliphatic heterocycles. The van der Waals surface area contributed by atoms with E-state index < -0.39 is 11.6 Å². The largest absolute Gasteiger partial charge is 0.468 e. The lowest BCUT2D eigenvalue weighted by atomic mass is 9.79. The Morgan fingerprint density at radius 1 is 1.33 bits per heavy atom. The van der Waals surface area contributed by atoms with Crippen LogP contribution in [0.1, 0.15) is 37.7 Å². The van der Waals surface area contributed by atoms with Crippen LogP contribution in [-0.4, -0.2) is 60.8 Å². The summed E-state index contributed by atoms with van der Waals surface area (Å²) in [7, 11) is 1.42. The number of nitrogens with zero attached hydrogens (tertiary/aromatic N) is 2. The predicted molar refractivity (Wildman–Crippen MR) is 100 cm³/mol. The summed E-state index contributed by atoms with van der Waals surface area (Å²) in [5.41, 5.74) is 0.265. The van der Waals surface area contributed by atoms with E-state index in [4.69, 9.17) is 9.47 Å². The predicted octanol–water partition coefficient (Wildman–Crippen LogP) is 2.48. The monoisotopic (exact) mass is 376 g/mol. The van der Waals surface area contributed by atoms with E-state index >= 15 is 0 Å². The summed E-state index contributed by atoms with van der Waals surface area (Å²) in [5, 5.41) is 11.6. The number of rotatable bonds is 6. The van der Waals surface area contributed by atoms with Gasteiger partial charge in [-0.2, -0.15) is 0 Å². The topological polar surface area (TPSA) is 81.9 Å². The molecule has 0 radical (unpaired) electrons. The Bertz CT molecular complexity index is 662. The Hall–Kier alpha value is -1.99. The van der Waals surface area contributed by atoms with Crippen molar-refractivity contribution in [3.63, 3.8) is 0 Å². The van der Waals surface area contributed by atoms with Gasteiger partial charge in [0, 0.05) is 24.9 Å². The fourth-order valence-corrected chi connectivity index (χ4v) is 4.90. The molecular weight excluding hydrogens is 348 g/mol. The number of hydrogen-bond donors (Lipinski definition) is 0. The first-order chi connectivity index (χ1) is 13.0. The molecular formula is C20H28N2O5. The normalized spacial score (nSPS) is 28.4. The fourth-order valence-electron chi connectivity index (χ4n) is 4.90. The molecule has 0 bridgehead atoms. The first kappa shape index (κ1) is 19.8. The molecule has 3 rings (SSSR count). The molecule has 2 aliphatic rings. The molecule has 4 atom stereocenters. The first-order valence-electron chi connectivity index (χ1n) is 9.59. The van der Waals surface area contributed by atoms with E-state index in [0.29, 0.717) is 39.1 Å². The lowest BCUT2D eigenvalue weighted by Crippen LogP contribution is -2.57. The van der Waals surface area contributed by atoms with E-state index in [2.05, 4.69) is 4.90 Å². The van der Waals surface area contributed by atoms with Crippen LogP contribution < -0.4 is 0 Å². The lowest BCUT2D eigenvalue weighted by Gasteiger charge is -2.41. The molecule has 1 saturated heterocycles. The highest BCUT2D eigenvalue weighted by molar-refractivity contribution is 5.81. The van der Waals surface area contributed by atoms with Crippen molar-refractivity contribution in [3.05, 3.63) is 46.0 Å².